The third kappa shape index (κ3) is 2.31. The Labute approximate surface area is 106 Å². The maximum Gasteiger partial charge on any atom is 0.244 e. The SMILES string of the molecule is CCNC1CCN(c2ccc(F)cc2OC)C1=O. The van der Waals surface area contributed by atoms with Gasteiger partial charge in [0.15, 0.2) is 0 Å². The van der Waals surface area contributed by atoms with Gasteiger partial charge >= 0.3 is 0 Å². The molecule has 5 heteroatoms. The van der Waals surface area contributed by atoms with Crippen molar-refractivity contribution in [2.75, 3.05) is 25.1 Å². The van der Waals surface area contributed by atoms with Gasteiger partial charge in [0.05, 0.1) is 18.8 Å². The molecule has 0 bridgehead atoms. The molecule has 1 aliphatic heterocycles. The van der Waals surface area contributed by atoms with Gasteiger partial charge in [-0.1, -0.05) is 6.92 Å². The smallest absolute Gasteiger partial charge is 0.244 e. The molecule has 0 aromatic heterocycles. The summed E-state index contributed by atoms with van der Waals surface area (Å²) in [6.07, 6.45) is 0.757. The summed E-state index contributed by atoms with van der Waals surface area (Å²) in [6, 6.07) is 4.07. The molecule has 1 unspecified atom stereocenters. The molecule has 1 N–H and O–H groups in total. The fourth-order valence-electron chi connectivity index (χ4n) is 2.23. The van der Waals surface area contributed by atoms with Crippen LogP contribution in [0.25, 0.3) is 0 Å². The second kappa shape index (κ2) is 5.35. The van der Waals surface area contributed by atoms with Crippen molar-refractivity contribution in [3.63, 3.8) is 0 Å². The number of hydrogen-bond acceptors (Lipinski definition) is 3. The van der Waals surface area contributed by atoms with E-state index in [4.69, 9.17) is 4.74 Å². The van der Waals surface area contributed by atoms with Gasteiger partial charge in [-0.15, -0.1) is 0 Å². The monoisotopic (exact) mass is 252 g/mol. The Hall–Kier alpha value is -1.62. The van der Waals surface area contributed by atoms with E-state index in [9.17, 15) is 9.18 Å². The molecule has 0 saturated carbocycles. The molecule has 1 aliphatic rings. The molecular formula is C13H17FN2O2. The lowest BCUT2D eigenvalue weighted by Gasteiger charge is -2.19. The molecule has 0 radical (unpaired) electrons. The number of methoxy groups -OCH3 is 1. The maximum absolute atomic E-state index is 13.1. The van der Waals surface area contributed by atoms with Gasteiger partial charge in [-0.3, -0.25) is 4.79 Å². The van der Waals surface area contributed by atoms with E-state index < -0.39 is 0 Å². The van der Waals surface area contributed by atoms with Gasteiger partial charge in [0.2, 0.25) is 5.91 Å². The number of nitrogens with one attached hydrogen (secondary N) is 1. The van der Waals surface area contributed by atoms with Crippen LogP contribution in [0.3, 0.4) is 0 Å². The quantitative estimate of drug-likeness (QED) is 0.884. The fraction of sp³-hybridized carbons (Fsp3) is 0.462. The number of benzene rings is 1. The topological polar surface area (TPSA) is 41.6 Å². The van der Waals surface area contributed by atoms with Crippen LogP contribution in [0, 0.1) is 5.82 Å². The van der Waals surface area contributed by atoms with E-state index in [2.05, 4.69) is 5.32 Å². The number of nitrogens with zero attached hydrogens (tertiary/aromatic N) is 1. The average molecular weight is 252 g/mol. The van der Waals surface area contributed by atoms with E-state index in [1.807, 2.05) is 6.92 Å². The highest BCUT2D eigenvalue weighted by atomic mass is 19.1. The van der Waals surface area contributed by atoms with Crippen molar-refractivity contribution in [3.05, 3.63) is 24.0 Å². The van der Waals surface area contributed by atoms with Crippen LogP contribution < -0.4 is 15.0 Å². The highest BCUT2D eigenvalue weighted by molar-refractivity contribution is 6.00. The molecule has 2 rings (SSSR count). The van der Waals surface area contributed by atoms with Crippen molar-refractivity contribution in [2.45, 2.75) is 19.4 Å². The molecule has 1 saturated heterocycles. The van der Waals surface area contributed by atoms with Crippen LogP contribution in [0.15, 0.2) is 18.2 Å². The van der Waals surface area contributed by atoms with Gasteiger partial charge in [0.25, 0.3) is 0 Å². The highest BCUT2D eigenvalue weighted by Gasteiger charge is 2.33. The summed E-state index contributed by atoms with van der Waals surface area (Å²) in [5.74, 6) is 0.0349. The molecule has 1 heterocycles. The normalized spacial score (nSPS) is 19.4. The Morgan fingerprint density at radius 3 is 3.00 bits per heavy atom. The van der Waals surface area contributed by atoms with Crippen molar-refractivity contribution < 1.29 is 13.9 Å². The zero-order chi connectivity index (χ0) is 13.1. The first-order chi connectivity index (χ1) is 8.67. The van der Waals surface area contributed by atoms with Crippen LogP contribution in [0.1, 0.15) is 13.3 Å². The minimum Gasteiger partial charge on any atom is -0.494 e. The van der Waals surface area contributed by atoms with Crippen LogP contribution >= 0.6 is 0 Å². The maximum atomic E-state index is 13.1. The first-order valence-electron chi connectivity index (χ1n) is 6.05. The van der Waals surface area contributed by atoms with E-state index in [0.29, 0.717) is 18.0 Å². The van der Waals surface area contributed by atoms with Crippen molar-refractivity contribution in [3.8, 4) is 5.75 Å². The number of anilines is 1. The Kier molecular flexibility index (Phi) is 3.81. The second-order valence-corrected chi connectivity index (χ2v) is 4.20. The van der Waals surface area contributed by atoms with Crippen molar-refractivity contribution in [1.82, 2.24) is 5.32 Å². The lowest BCUT2D eigenvalue weighted by Crippen LogP contribution is -2.38. The molecule has 98 valence electrons. The standard InChI is InChI=1S/C13H17FN2O2/c1-3-15-10-6-7-16(13(10)17)11-5-4-9(14)8-12(11)18-2/h4-5,8,10,15H,3,6-7H2,1-2H3. The third-order valence-electron chi connectivity index (χ3n) is 3.09. The molecule has 1 aromatic rings. The Morgan fingerprint density at radius 2 is 2.33 bits per heavy atom. The van der Waals surface area contributed by atoms with Crippen LogP contribution in [0.4, 0.5) is 10.1 Å². The summed E-state index contributed by atoms with van der Waals surface area (Å²) in [4.78, 5) is 13.8. The second-order valence-electron chi connectivity index (χ2n) is 4.20. The Bertz CT molecular complexity index is 451. The predicted octanol–water partition coefficient (Wildman–Crippen LogP) is 1.55. The summed E-state index contributed by atoms with van der Waals surface area (Å²) in [5, 5.41) is 3.14. The lowest BCUT2D eigenvalue weighted by atomic mass is 10.2. The number of halogens is 1. The summed E-state index contributed by atoms with van der Waals surface area (Å²) in [5.41, 5.74) is 0.629. The first kappa shape index (κ1) is 12.8. The lowest BCUT2D eigenvalue weighted by molar-refractivity contribution is -0.118. The molecule has 1 fully saturated rings. The number of hydrogen-bond donors (Lipinski definition) is 1. The van der Waals surface area contributed by atoms with Gasteiger partial charge < -0.3 is 15.0 Å². The van der Waals surface area contributed by atoms with Gasteiger partial charge in [-0.05, 0) is 25.1 Å². The Morgan fingerprint density at radius 1 is 1.56 bits per heavy atom. The predicted molar refractivity (Wildman–Crippen MR) is 67.4 cm³/mol. The number of carbonyl (C=O) groups excluding carboxylic acids is 1. The van der Waals surface area contributed by atoms with E-state index in [0.717, 1.165) is 13.0 Å². The molecule has 1 atom stereocenters. The summed E-state index contributed by atoms with van der Waals surface area (Å²) < 4.78 is 18.2. The Balaban J connectivity index is 2.25. The van der Waals surface area contributed by atoms with Crippen molar-refractivity contribution in [2.24, 2.45) is 0 Å². The number of likely N-dealkylation sites (N-methyl/N-ethyl adjacent to an activating group) is 1. The largest absolute Gasteiger partial charge is 0.494 e. The molecule has 1 aromatic carbocycles. The van der Waals surface area contributed by atoms with E-state index in [-0.39, 0.29) is 17.8 Å². The molecule has 18 heavy (non-hydrogen) atoms. The zero-order valence-corrected chi connectivity index (χ0v) is 10.6. The van der Waals surface area contributed by atoms with Crippen LogP contribution in [0.5, 0.6) is 5.75 Å². The molecule has 0 aliphatic carbocycles. The number of carbonyl (C=O) groups is 1. The summed E-state index contributed by atoms with van der Waals surface area (Å²) in [6.45, 7) is 3.34. The minimum atomic E-state index is -0.370. The van der Waals surface area contributed by atoms with Gasteiger partial charge in [0.1, 0.15) is 11.6 Å². The summed E-state index contributed by atoms with van der Waals surface area (Å²) >= 11 is 0. The molecule has 1 amide bonds. The molecular weight excluding hydrogens is 235 g/mol. The van der Waals surface area contributed by atoms with Gasteiger partial charge in [0, 0.05) is 12.6 Å². The minimum absolute atomic E-state index is 0.0155. The number of amides is 1. The number of rotatable bonds is 4. The average Bonchev–Trinajstić information content (AvgIpc) is 2.72. The van der Waals surface area contributed by atoms with Crippen LogP contribution in [0.2, 0.25) is 0 Å². The number of ether oxygens (including phenoxy) is 1. The zero-order valence-electron chi connectivity index (χ0n) is 10.6. The van der Waals surface area contributed by atoms with E-state index >= 15 is 0 Å². The molecule has 4 nitrogen and oxygen atoms in total. The van der Waals surface area contributed by atoms with Crippen molar-refractivity contribution in [1.29, 1.82) is 0 Å². The summed E-state index contributed by atoms with van der Waals surface area (Å²) in [7, 11) is 1.47. The molecule has 0 spiro atoms. The first-order valence-corrected chi connectivity index (χ1v) is 6.05. The van der Waals surface area contributed by atoms with Crippen molar-refractivity contribution >= 4 is 11.6 Å². The highest BCUT2D eigenvalue weighted by Crippen LogP contribution is 2.31. The van der Waals surface area contributed by atoms with Crippen LogP contribution in [-0.2, 0) is 4.79 Å². The van der Waals surface area contributed by atoms with E-state index in [1.165, 1.54) is 19.2 Å². The van der Waals surface area contributed by atoms with Crippen LogP contribution in [-0.4, -0.2) is 32.1 Å². The third-order valence-corrected chi connectivity index (χ3v) is 3.09. The fourth-order valence-corrected chi connectivity index (χ4v) is 2.23. The van der Waals surface area contributed by atoms with E-state index in [1.54, 1.807) is 11.0 Å². The van der Waals surface area contributed by atoms with Gasteiger partial charge in [-0.25, -0.2) is 4.39 Å². The van der Waals surface area contributed by atoms with Gasteiger partial charge in [-0.2, -0.15) is 0 Å².